The Balaban J connectivity index is 3.39. The van der Waals surface area contributed by atoms with Gasteiger partial charge in [-0.25, -0.2) is 0 Å². The molecule has 0 heterocycles. The molecule has 0 aromatic carbocycles. The van der Waals surface area contributed by atoms with E-state index in [4.69, 9.17) is 16.7 Å². The maximum atomic E-state index is 8.65. The molecular formula is C6H13ClO. The van der Waals surface area contributed by atoms with E-state index in [1.54, 1.807) is 0 Å². The van der Waals surface area contributed by atoms with Gasteiger partial charge in [0.2, 0.25) is 0 Å². The van der Waals surface area contributed by atoms with E-state index in [2.05, 4.69) is 0 Å². The van der Waals surface area contributed by atoms with Crippen LogP contribution in [0.3, 0.4) is 0 Å². The van der Waals surface area contributed by atoms with Gasteiger partial charge in [-0.1, -0.05) is 32.4 Å². The first-order chi connectivity index (χ1) is 3.42. The molecule has 2 heteroatoms. The van der Waals surface area contributed by atoms with E-state index in [0.29, 0.717) is 6.42 Å². The Bertz CT molecular complexity index is 63.4. The first-order valence-corrected chi connectivity index (χ1v) is 3.17. The van der Waals surface area contributed by atoms with Gasteiger partial charge in [-0.15, -0.1) is 0 Å². The van der Waals surface area contributed by atoms with Gasteiger partial charge in [0.25, 0.3) is 0 Å². The maximum absolute atomic E-state index is 8.65. The van der Waals surface area contributed by atoms with Crippen molar-refractivity contribution >= 4 is 11.6 Å². The predicted molar refractivity (Wildman–Crippen MR) is 35.9 cm³/mol. The van der Waals surface area contributed by atoms with Gasteiger partial charge in [0.1, 0.15) is 5.56 Å². The minimum Gasteiger partial charge on any atom is -0.378 e. The molecule has 0 fully saturated rings. The largest absolute Gasteiger partial charge is 0.378 e. The van der Waals surface area contributed by atoms with E-state index in [9.17, 15) is 0 Å². The summed E-state index contributed by atoms with van der Waals surface area (Å²) in [6.07, 6.45) is 0.647. The summed E-state index contributed by atoms with van der Waals surface area (Å²) < 4.78 is 0. The topological polar surface area (TPSA) is 20.2 Å². The molecule has 50 valence electrons. The fourth-order valence-corrected chi connectivity index (χ4v) is 0.968. The monoisotopic (exact) mass is 136 g/mol. The Hall–Kier alpha value is 0.250. The molecule has 0 spiro atoms. The van der Waals surface area contributed by atoms with Gasteiger partial charge in [0, 0.05) is 0 Å². The van der Waals surface area contributed by atoms with Gasteiger partial charge >= 0.3 is 0 Å². The third kappa shape index (κ3) is 6.25. The number of hydrogen-bond donors (Lipinski definition) is 1. The fraction of sp³-hybridized carbons (Fsp3) is 1.00. The molecule has 1 nitrogen and oxygen atoms in total. The Morgan fingerprint density at radius 3 is 1.88 bits per heavy atom. The molecule has 0 aromatic rings. The molecule has 0 aromatic heterocycles. The number of rotatable bonds is 1. The normalized spacial score (nSPS) is 16.1. The minimum atomic E-state index is -0.685. The van der Waals surface area contributed by atoms with Crippen molar-refractivity contribution in [3.8, 4) is 0 Å². The molecular weight excluding hydrogens is 124 g/mol. The summed E-state index contributed by atoms with van der Waals surface area (Å²) >= 11 is 5.32. The molecule has 1 N–H and O–H groups in total. The molecule has 0 rings (SSSR count). The number of aliphatic hydroxyl groups excluding tert-OH is 1. The highest BCUT2D eigenvalue weighted by Gasteiger charge is 2.13. The van der Waals surface area contributed by atoms with E-state index in [1.165, 1.54) is 0 Å². The van der Waals surface area contributed by atoms with Crippen LogP contribution in [0.2, 0.25) is 0 Å². The highest BCUT2D eigenvalue weighted by molar-refractivity contribution is 6.19. The lowest BCUT2D eigenvalue weighted by Crippen LogP contribution is -2.11. The lowest BCUT2D eigenvalue weighted by Gasteiger charge is -2.17. The minimum absolute atomic E-state index is 0.140. The second kappa shape index (κ2) is 2.70. The summed E-state index contributed by atoms with van der Waals surface area (Å²) in [6, 6.07) is 0. The van der Waals surface area contributed by atoms with E-state index >= 15 is 0 Å². The van der Waals surface area contributed by atoms with E-state index < -0.39 is 5.56 Å². The Kier molecular flexibility index (Phi) is 2.78. The zero-order chi connectivity index (χ0) is 6.78. The van der Waals surface area contributed by atoms with Crippen molar-refractivity contribution in [1.82, 2.24) is 0 Å². The second-order valence-electron chi connectivity index (χ2n) is 3.20. The number of aliphatic hydroxyl groups is 1. The lowest BCUT2D eigenvalue weighted by atomic mass is 9.93. The van der Waals surface area contributed by atoms with Crippen LogP contribution in [-0.2, 0) is 0 Å². The summed E-state index contributed by atoms with van der Waals surface area (Å²) in [5.41, 5.74) is -0.545. The number of alkyl halides is 1. The summed E-state index contributed by atoms with van der Waals surface area (Å²) in [5.74, 6) is 0. The Morgan fingerprint density at radius 1 is 1.50 bits per heavy atom. The Morgan fingerprint density at radius 2 is 1.88 bits per heavy atom. The molecule has 0 aliphatic carbocycles. The summed E-state index contributed by atoms with van der Waals surface area (Å²) in [5, 5.41) is 8.65. The third-order valence-corrected chi connectivity index (χ3v) is 0.935. The molecule has 0 aliphatic heterocycles. The quantitative estimate of drug-likeness (QED) is 0.547. The third-order valence-electron chi connectivity index (χ3n) is 0.781. The summed E-state index contributed by atoms with van der Waals surface area (Å²) in [6.45, 7) is 6.12. The SMILES string of the molecule is CC(C)(C)CC(O)Cl. The van der Waals surface area contributed by atoms with Crippen LogP contribution < -0.4 is 0 Å². The smallest absolute Gasteiger partial charge is 0.128 e. The van der Waals surface area contributed by atoms with Crippen molar-refractivity contribution in [3.05, 3.63) is 0 Å². The molecule has 0 amide bonds. The van der Waals surface area contributed by atoms with Gasteiger partial charge in [-0.3, -0.25) is 0 Å². The average molecular weight is 137 g/mol. The molecule has 0 saturated heterocycles. The Labute approximate surface area is 55.7 Å². The predicted octanol–water partition coefficient (Wildman–Crippen LogP) is 1.98. The van der Waals surface area contributed by atoms with Crippen molar-refractivity contribution in [2.24, 2.45) is 5.41 Å². The lowest BCUT2D eigenvalue weighted by molar-refractivity contribution is 0.189. The van der Waals surface area contributed by atoms with Gasteiger partial charge < -0.3 is 5.11 Å². The highest BCUT2D eigenvalue weighted by Crippen LogP contribution is 2.21. The highest BCUT2D eigenvalue weighted by atomic mass is 35.5. The summed E-state index contributed by atoms with van der Waals surface area (Å²) in [7, 11) is 0. The molecule has 0 aliphatic rings. The average Bonchev–Trinajstić information content (AvgIpc) is 1.21. The molecule has 0 bridgehead atoms. The van der Waals surface area contributed by atoms with Crippen molar-refractivity contribution in [1.29, 1.82) is 0 Å². The molecule has 8 heavy (non-hydrogen) atoms. The van der Waals surface area contributed by atoms with Crippen LogP contribution in [-0.4, -0.2) is 10.7 Å². The van der Waals surface area contributed by atoms with E-state index in [-0.39, 0.29) is 5.41 Å². The zero-order valence-corrected chi connectivity index (χ0v) is 6.37. The van der Waals surface area contributed by atoms with Gasteiger partial charge in [-0.2, -0.15) is 0 Å². The van der Waals surface area contributed by atoms with Crippen LogP contribution in [0.15, 0.2) is 0 Å². The van der Waals surface area contributed by atoms with Crippen molar-refractivity contribution < 1.29 is 5.11 Å². The second-order valence-corrected chi connectivity index (χ2v) is 3.70. The van der Waals surface area contributed by atoms with Gasteiger partial charge in [0.15, 0.2) is 0 Å². The van der Waals surface area contributed by atoms with Crippen LogP contribution in [0.25, 0.3) is 0 Å². The standard InChI is InChI=1S/C6H13ClO/c1-6(2,3)4-5(7)8/h5,8H,4H2,1-3H3. The molecule has 1 unspecified atom stereocenters. The number of halogens is 1. The number of hydrogen-bond acceptors (Lipinski definition) is 1. The van der Waals surface area contributed by atoms with Crippen LogP contribution in [0.1, 0.15) is 27.2 Å². The molecule has 0 saturated carbocycles. The fourth-order valence-electron chi connectivity index (χ4n) is 0.505. The maximum Gasteiger partial charge on any atom is 0.128 e. The van der Waals surface area contributed by atoms with Crippen LogP contribution in [0.4, 0.5) is 0 Å². The van der Waals surface area contributed by atoms with Crippen LogP contribution in [0, 0.1) is 5.41 Å². The van der Waals surface area contributed by atoms with Crippen molar-refractivity contribution in [2.75, 3.05) is 0 Å². The van der Waals surface area contributed by atoms with Crippen molar-refractivity contribution in [2.45, 2.75) is 32.8 Å². The van der Waals surface area contributed by atoms with Gasteiger partial charge in [0.05, 0.1) is 0 Å². The zero-order valence-electron chi connectivity index (χ0n) is 5.61. The first-order valence-electron chi connectivity index (χ1n) is 2.74. The van der Waals surface area contributed by atoms with Crippen LogP contribution in [0.5, 0.6) is 0 Å². The van der Waals surface area contributed by atoms with E-state index in [0.717, 1.165) is 0 Å². The van der Waals surface area contributed by atoms with Crippen molar-refractivity contribution in [3.63, 3.8) is 0 Å². The molecule has 1 atom stereocenters. The first kappa shape index (κ1) is 8.25. The van der Waals surface area contributed by atoms with E-state index in [1.807, 2.05) is 20.8 Å². The van der Waals surface area contributed by atoms with Crippen LogP contribution >= 0.6 is 11.6 Å². The molecule has 0 radical (unpaired) electrons. The van der Waals surface area contributed by atoms with Gasteiger partial charge in [-0.05, 0) is 11.8 Å². The summed E-state index contributed by atoms with van der Waals surface area (Å²) in [4.78, 5) is 0.